The Morgan fingerprint density at radius 1 is 0.737 bits per heavy atom. The van der Waals surface area contributed by atoms with Crippen LogP contribution >= 0.6 is 23.5 Å². The van der Waals surface area contributed by atoms with Crippen LogP contribution in [0, 0.1) is 23.7 Å². The molecule has 3 aliphatic rings. The third kappa shape index (κ3) is 8.78. The first-order valence-electron chi connectivity index (χ1n) is 15.7. The van der Waals surface area contributed by atoms with E-state index in [0.717, 1.165) is 34.8 Å². The second-order valence-electron chi connectivity index (χ2n) is 12.3. The van der Waals surface area contributed by atoms with E-state index in [2.05, 4.69) is 35.8 Å². The van der Waals surface area contributed by atoms with Crippen LogP contribution in [0.5, 0.6) is 0 Å². The zero-order valence-corrected chi connectivity index (χ0v) is 25.6. The van der Waals surface area contributed by atoms with E-state index >= 15 is 0 Å². The summed E-state index contributed by atoms with van der Waals surface area (Å²) in [6.45, 7) is 5.09. The van der Waals surface area contributed by atoms with Crippen molar-refractivity contribution in [3.05, 3.63) is 35.4 Å². The fraction of sp³-hybridized carbons (Fsp3) is 0.758. The lowest BCUT2D eigenvalue weighted by atomic mass is 9.80. The topological polar surface area (TPSA) is 46.2 Å². The van der Waals surface area contributed by atoms with Crippen molar-refractivity contribution in [2.75, 3.05) is 18.1 Å². The van der Waals surface area contributed by atoms with Gasteiger partial charge in [0.25, 0.3) is 5.91 Å². The third-order valence-electron chi connectivity index (χ3n) is 9.53. The summed E-state index contributed by atoms with van der Waals surface area (Å²) in [5.74, 6) is 4.69. The molecule has 0 spiro atoms. The first-order chi connectivity index (χ1) is 18.5. The maximum atomic E-state index is 13.9. The van der Waals surface area contributed by atoms with Gasteiger partial charge in [0, 0.05) is 45.6 Å². The molecule has 1 heterocycles. The SMILES string of the molecule is CCNC(=O)c1ccc(C(=O)C2CSC3CCCCCC(CC3)[C@H](C)CCC3CCCCCC3SC2)cc1. The van der Waals surface area contributed by atoms with E-state index < -0.39 is 0 Å². The third-order valence-corrected chi connectivity index (χ3v) is 12.7. The Balaban J connectivity index is 1.53. The molecule has 0 aromatic heterocycles. The van der Waals surface area contributed by atoms with Crippen LogP contribution in [0.3, 0.4) is 0 Å². The monoisotopic (exact) mass is 557 g/mol. The predicted molar refractivity (Wildman–Crippen MR) is 166 cm³/mol. The normalized spacial score (nSPS) is 31.9. The highest BCUT2D eigenvalue weighted by molar-refractivity contribution is 8.00. The Morgan fingerprint density at radius 2 is 1.37 bits per heavy atom. The maximum absolute atomic E-state index is 13.9. The van der Waals surface area contributed by atoms with Crippen molar-refractivity contribution >= 4 is 35.2 Å². The van der Waals surface area contributed by atoms with E-state index in [1.165, 1.54) is 89.9 Å². The number of hydrogen-bond donors (Lipinski definition) is 1. The molecular weight excluding hydrogens is 507 g/mol. The summed E-state index contributed by atoms with van der Waals surface area (Å²) in [7, 11) is 0. The van der Waals surface area contributed by atoms with Crippen molar-refractivity contribution in [1.82, 2.24) is 5.32 Å². The summed E-state index contributed by atoms with van der Waals surface area (Å²) in [5, 5.41) is 4.25. The first kappa shape index (κ1) is 30.0. The molecule has 6 atom stereocenters. The smallest absolute Gasteiger partial charge is 0.251 e. The predicted octanol–water partition coefficient (Wildman–Crippen LogP) is 8.81. The van der Waals surface area contributed by atoms with Crippen molar-refractivity contribution in [3.8, 4) is 0 Å². The molecule has 38 heavy (non-hydrogen) atoms. The molecule has 1 aromatic rings. The van der Waals surface area contributed by atoms with Gasteiger partial charge in [0.1, 0.15) is 0 Å². The molecule has 1 aliphatic heterocycles. The van der Waals surface area contributed by atoms with Crippen molar-refractivity contribution in [2.45, 2.75) is 114 Å². The van der Waals surface area contributed by atoms with E-state index in [1.54, 1.807) is 0 Å². The van der Waals surface area contributed by atoms with Gasteiger partial charge in [-0.05, 0) is 75.3 Å². The largest absolute Gasteiger partial charge is 0.352 e. The van der Waals surface area contributed by atoms with Gasteiger partial charge in [-0.2, -0.15) is 23.5 Å². The summed E-state index contributed by atoms with van der Waals surface area (Å²) in [6.07, 6.45) is 19.2. The summed E-state index contributed by atoms with van der Waals surface area (Å²) in [4.78, 5) is 26.1. The zero-order valence-electron chi connectivity index (χ0n) is 23.9. The molecule has 1 saturated heterocycles. The molecule has 1 N–H and O–H groups in total. The van der Waals surface area contributed by atoms with Gasteiger partial charge in [0.15, 0.2) is 5.78 Å². The van der Waals surface area contributed by atoms with E-state index in [-0.39, 0.29) is 17.6 Å². The first-order valence-corrected chi connectivity index (χ1v) is 17.8. The van der Waals surface area contributed by atoms with Gasteiger partial charge in [0.2, 0.25) is 0 Å². The van der Waals surface area contributed by atoms with Gasteiger partial charge in [0.05, 0.1) is 0 Å². The minimum atomic E-state index is -0.0668. The average molecular weight is 558 g/mol. The molecule has 1 aromatic carbocycles. The number of carbonyl (C=O) groups excluding carboxylic acids is 2. The molecule has 3 nitrogen and oxygen atoms in total. The van der Waals surface area contributed by atoms with Crippen molar-refractivity contribution < 1.29 is 9.59 Å². The number of benzene rings is 1. The summed E-state index contributed by atoms with van der Waals surface area (Å²) in [5.41, 5.74) is 1.40. The molecule has 5 unspecified atom stereocenters. The zero-order chi connectivity index (χ0) is 26.7. The number of fused-ring (bicyclic) bond motifs is 4. The standard InChI is InChI=1S/C33H51NO2S2/c1-3-34-33(36)28-18-16-27(17-19-28)32(35)29-22-37-30-12-8-4-6-10-25(20-21-30)24(2)14-15-26-11-7-5-9-13-31(26)38-23-29/h16-19,24-26,29-31H,3-15,20-23H2,1-2H3,(H,34,36)/t24-,25?,26?,29?,30?,31?/m1/s1. The number of ketones is 1. The summed E-state index contributed by atoms with van der Waals surface area (Å²) >= 11 is 4.23. The van der Waals surface area contributed by atoms with Crippen LogP contribution in [0.15, 0.2) is 24.3 Å². The highest BCUT2D eigenvalue weighted by Crippen LogP contribution is 2.41. The highest BCUT2D eigenvalue weighted by Gasteiger charge is 2.30. The number of rotatable bonds is 4. The molecule has 4 rings (SSSR count). The number of thioether (sulfide) groups is 2. The highest BCUT2D eigenvalue weighted by atomic mass is 32.2. The average Bonchev–Trinajstić information content (AvgIpc) is 3.08. The number of hydrogen-bond acceptors (Lipinski definition) is 4. The minimum absolute atomic E-state index is 0.0505. The second-order valence-corrected chi connectivity index (χ2v) is 14.9. The molecule has 1 amide bonds. The molecule has 212 valence electrons. The Bertz CT molecular complexity index is 872. The fourth-order valence-electron chi connectivity index (χ4n) is 6.97. The van der Waals surface area contributed by atoms with Gasteiger partial charge < -0.3 is 5.32 Å². The van der Waals surface area contributed by atoms with Crippen LogP contribution in [-0.2, 0) is 0 Å². The minimum Gasteiger partial charge on any atom is -0.352 e. The molecule has 2 aliphatic carbocycles. The number of carbonyl (C=O) groups is 2. The number of nitrogens with one attached hydrogen (secondary N) is 1. The Labute approximate surface area is 240 Å². The van der Waals surface area contributed by atoms with Gasteiger partial charge in [-0.25, -0.2) is 0 Å². The maximum Gasteiger partial charge on any atom is 0.251 e. The van der Waals surface area contributed by atoms with Crippen LogP contribution in [0.4, 0.5) is 0 Å². The molecule has 3 fully saturated rings. The van der Waals surface area contributed by atoms with E-state index in [1.807, 2.05) is 31.2 Å². The molecule has 0 radical (unpaired) electrons. The van der Waals surface area contributed by atoms with E-state index in [4.69, 9.17) is 0 Å². The molecular formula is C33H51NO2S2. The lowest BCUT2D eigenvalue weighted by Gasteiger charge is -2.31. The molecule has 2 saturated carbocycles. The van der Waals surface area contributed by atoms with Crippen LogP contribution < -0.4 is 5.32 Å². The Morgan fingerprint density at radius 3 is 2.13 bits per heavy atom. The second kappa shape index (κ2) is 15.7. The van der Waals surface area contributed by atoms with Crippen LogP contribution in [0.1, 0.15) is 124 Å². The van der Waals surface area contributed by atoms with Crippen molar-refractivity contribution in [1.29, 1.82) is 0 Å². The summed E-state index contributed by atoms with van der Waals surface area (Å²) in [6, 6.07) is 7.41. The van der Waals surface area contributed by atoms with E-state index in [9.17, 15) is 9.59 Å². The van der Waals surface area contributed by atoms with Gasteiger partial charge in [-0.15, -0.1) is 0 Å². The number of Topliss-reactive ketones (excluding diaryl/α,β-unsaturated/α-hetero) is 1. The van der Waals surface area contributed by atoms with Gasteiger partial charge in [-0.1, -0.05) is 70.4 Å². The van der Waals surface area contributed by atoms with E-state index in [0.29, 0.717) is 22.6 Å². The lowest BCUT2D eigenvalue weighted by Crippen LogP contribution is -2.26. The quantitative estimate of drug-likeness (QED) is 0.376. The molecule has 5 heteroatoms. The van der Waals surface area contributed by atoms with Crippen LogP contribution in [-0.4, -0.2) is 40.2 Å². The Hall–Kier alpha value is -0.940. The number of amides is 1. The Kier molecular flexibility index (Phi) is 12.4. The summed E-state index contributed by atoms with van der Waals surface area (Å²) < 4.78 is 0. The lowest BCUT2D eigenvalue weighted by molar-refractivity contribution is 0.0937. The molecule has 2 bridgehead atoms. The van der Waals surface area contributed by atoms with Crippen molar-refractivity contribution in [2.24, 2.45) is 23.7 Å². The van der Waals surface area contributed by atoms with Crippen LogP contribution in [0.25, 0.3) is 0 Å². The van der Waals surface area contributed by atoms with Gasteiger partial charge >= 0.3 is 0 Å². The fourth-order valence-corrected chi connectivity index (χ4v) is 10.2. The van der Waals surface area contributed by atoms with Crippen molar-refractivity contribution in [3.63, 3.8) is 0 Å². The van der Waals surface area contributed by atoms with Crippen LogP contribution in [0.2, 0.25) is 0 Å². The van der Waals surface area contributed by atoms with Gasteiger partial charge in [-0.3, -0.25) is 9.59 Å².